The molecule has 1 rings (SSSR count). The van der Waals surface area contributed by atoms with Gasteiger partial charge in [0.05, 0.1) is 0 Å². The first-order chi connectivity index (χ1) is 5.49. The molecule has 1 aromatic rings. The Bertz CT molecular complexity index is 257. The maximum atomic E-state index is 8.53. The Morgan fingerprint density at radius 2 is 2.08 bits per heavy atom. The minimum atomic E-state index is -2.66. The van der Waals surface area contributed by atoms with Gasteiger partial charge in [0, 0.05) is 0 Å². The predicted molar refractivity (Wildman–Crippen MR) is 33.7 cm³/mol. The van der Waals surface area contributed by atoms with Gasteiger partial charge in [0.1, 0.15) is 0 Å². The Morgan fingerprint density at radius 1 is 1.42 bits per heavy atom. The average molecular weight is 222 g/mol. The fraction of sp³-hybridized carbons (Fsp3) is 0.600. The number of aromatic amines is 1. The van der Waals surface area contributed by atoms with Crippen LogP contribution in [0.5, 0.6) is 0 Å². The van der Waals surface area contributed by atoms with Crippen LogP contribution >= 0.6 is 0 Å². The summed E-state index contributed by atoms with van der Waals surface area (Å²) >= 11 is 4.87. The maximum absolute atomic E-state index is 8.53. The monoisotopic (exact) mass is 221 g/mol. The van der Waals surface area contributed by atoms with E-state index in [4.69, 9.17) is 31.3 Å². The molecule has 7 heteroatoms. The second kappa shape index (κ2) is 3.51. The molecule has 4 N–H and O–H groups in total. The number of hydrogen-bond donors (Lipinski definition) is 4. The van der Waals surface area contributed by atoms with E-state index in [9.17, 15) is 0 Å². The Balaban J connectivity index is 2.49. The summed E-state index contributed by atoms with van der Waals surface area (Å²) in [6.07, 6.45) is -0.0543. The molecule has 0 bridgehead atoms. The standard InChI is InChI=1S/C5H8N3O3.Cu/c9-5(10,11)2-1-4-3-6-8-7-4;/h9-11H,1-2H2,(H,6,7,8);. The van der Waals surface area contributed by atoms with Gasteiger partial charge in [-0.3, -0.25) is 0 Å². The molecule has 0 saturated heterocycles. The van der Waals surface area contributed by atoms with Gasteiger partial charge >= 0.3 is 75.8 Å². The van der Waals surface area contributed by atoms with E-state index in [-0.39, 0.29) is 17.4 Å². The van der Waals surface area contributed by atoms with Crippen LogP contribution in [0.3, 0.4) is 0 Å². The van der Waals surface area contributed by atoms with Gasteiger partial charge in [-0.05, 0) is 0 Å². The second-order valence-electron chi connectivity index (χ2n) is 2.32. The number of nitrogens with zero attached hydrogens (tertiary/aromatic N) is 2. The zero-order valence-electron chi connectivity index (χ0n) is 5.95. The topological polar surface area (TPSA) is 102 Å². The van der Waals surface area contributed by atoms with Crippen molar-refractivity contribution in [2.24, 2.45) is 0 Å². The van der Waals surface area contributed by atoms with Crippen LogP contribution in [0, 0.1) is 0 Å². The van der Waals surface area contributed by atoms with Crippen molar-refractivity contribution < 1.29 is 31.3 Å². The molecular weight excluding hydrogens is 214 g/mol. The van der Waals surface area contributed by atoms with Crippen molar-refractivity contribution in [3.8, 4) is 0 Å². The van der Waals surface area contributed by atoms with E-state index in [0.29, 0.717) is 5.69 Å². The summed E-state index contributed by atoms with van der Waals surface area (Å²) < 4.78 is 0.256. The van der Waals surface area contributed by atoms with Gasteiger partial charge in [-0.2, -0.15) is 0 Å². The zero-order chi connectivity index (χ0) is 9.19. The number of aryl methyl sites for hydroxylation is 1. The molecular formula is C5H8CuN3O3. The Kier molecular flexibility index (Phi) is 2.81. The molecule has 0 aliphatic rings. The van der Waals surface area contributed by atoms with Gasteiger partial charge in [-0.25, -0.2) is 0 Å². The molecule has 0 aromatic carbocycles. The molecule has 6 nitrogen and oxygen atoms in total. The molecule has 1 heterocycles. The molecule has 72 valence electrons. The van der Waals surface area contributed by atoms with E-state index in [2.05, 4.69) is 15.4 Å². The summed E-state index contributed by atoms with van der Waals surface area (Å²) in [6.45, 7) is 0. The number of aromatic nitrogens is 3. The van der Waals surface area contributed by atoms with Crippen LogP contribution in [0.15, 0.2) is 0 Å². The van der Waals surface area contributed by atoms with Crippen LogP contribution in [0.1, 0.15) is 12.1 Å². The third-order valence-corrected chi connectivity index (χ3v) is 1.63. The van der Waals surface area contributed by atoms with Gasteiger partial charge in [0.15, 0.2) is 0 Å². The van der Waals surface area contributed by atoms with Crippen molar-refractivity contribution in [2.45, 2.75) is 18.8 Å². The van der Waals surface area contributed by atoms with E-state index in [1.165, 1.54) is 0 Å². The average Bonchev–Trinajstić information content (AvgIpc) is 2.29. The third-order valence-electron chi connectivity index (χ3n) is 1.25. The van der Waals surface area contributed by atoms with Gasteiger partial charge in [0.2, 0.25) is 0 Å². The first-order valence-electron chi connectivity index (χ1n) is 3.18. The first kappa shape index (κ1) is 9.63. The molecule has 0 aliphatic carbocycles. The molecule has 0 unspecified atom stereocenters. The van der Waals surface area contributed by atoms with E-state index >= 15 is 0 Å². The molecule has 1 aromatic heterocycles. The summed E-state index contributed by atoms with van der Waals surface area (Å²) in [4.78, 5) is 0. The second-order valence-corrected chi connectivity index (χ2v) is 2.77. The van der Waals surface area contributed by atoms with Crippen LogP contribution in [0.25, 0.3) is 0 Å². The molecule has 12 heavy (non-hydrogen) atoms. The van der Waals surface area contributed by atoms with Crippen molar-refractivity contribution in [2.75, 3.05) is 0 Å². The zero-order valence-corrected chi connectivity index (χ0v) is 6.89. The van der Waals surface area contributed by atoms with Crippen molar-refractivity contribution >= 4 is 4.59 Å². The predicted octanol–water partition coefficient (Wildman–Crippen LogP) is -2.46. The molecule has 0 atom stereocenters. The first-order valence-corrected chi connectivity index (χ1v) is 3.65. The van der Waals surface area contributed by atoms with Crippen LogP contribution in [-0.4, -0.2) is 36.7 Å². The van der Waals surface area contributed by atoms with Crippen LogP contribution in [0.2, 0.25) is 0 Å². The van der Waals surface area contributed by atoms with Gasteiger partial charge in [0.25, 0.3) is 0 Å². The number of aliphatic hydroxyl groups is 3. The molecule has 0 amide bonds. The van der Waals surface area contributed by atoms with Crippen LogP contribution in [-0.2, 0) is 22.4 Å². The van der Waals surface area contributed by atoms with E-state index in [1.807, 2.05) is 0 Å². The molecule has 0 radical (unpaired) electrons. The fourth-order valence-electron chi connectivity index (χ4n) is 0.670. The Morgan fingerprint density at radius 3 is 2.50 bits per heavy atom. The van der Waals surface area contributed by atoms with Crippen molar-refractivity contribution in [1.82, 2.24) is 15.4 Å². The van der Waals surface area contributed by atoms with Gasteiger partial charge in [-0.15, -0.1) is 0 Å². The number of nitrogens with one attached hydrogen (secondary N) is 1. The Labute approximate surface area is 76.4 Å². The summed E-state index contributed by atoms with van der Waals surface area (Å²) in [6, 6.07) is 0. The normalized spacial score (nSPS) is 12.1. The minimum absolute atomic E-state index is 0.185. The van der Waals surface area contributed by atoms with E-state index in [1.54, 1.807) is 0 Å². The van der Waals surface area contributed by atoms with Crippen LogP contribution < -0.4 is 4.59 Å². The summed E-state index contributed by atoms with van der Waals surface area (Å²) in [7, 11) is 0. The van der Waals surface area contributed by atoms with E-state index in [0.717, 1.165) is 0 Å². The van der Waals surface area contributed by atoms with Crippen LogP contribution in [0.4, 0.5) is 0 Å². The van der Waals surface area contributed by atoms with Gasteiger partial charge in [-0.1, -0.05) is 0 Å². The van der Waals surface area contributed by atoms with E-state index < -0.39 is 5.97 Å². The summed E-state index contributed by atoms with van der Waals surface area (Å²) in [5.74, 6) is -2.66. The number of H-pyrrole nitrogens is 1. The van der Waals surface area contributed by atoms with Crippen molar-refractivity contribution in [1.29, 1.82) is 0 Å². The SMILES string of the molecule is OC(O)(O)CCc1[nH]nn[c]1[Cu]. The number of hydrogen-bond acceptors (Lipinski definition) is 5. The third kappa shape index (κ3) is 2.88. The Hall–Kier alpha value is -0.461. The molecule has 0 aliphatic heterocycles. The summed E-state index contributed by atoms with van der Waals surface area (Å²) in [5.41, 5.74) is 0.497. The van der Waals surface area contributed by atoms with Crippen molar-refractivity contribution in [3.63, 3.8) is 0 Å². The molecule has 0 fully saturated rings. The number of rotatable bonds is 3. The van der Waals surface area contributed by atoms with Gasteiger partial charge < -0.3 is 0 Å². The fourth-order valence-corrected chi connectivity index (χ4v) is 0.887. The molecule has 0 spiro atoms. The quantitative estimate of drug-likeness (QED) is 0.335. The molecule has 0 saturated carbocycles. The summed E-state index contributed by atoms with van der Waals surface area (Å²) in [5, 5.41) is 34.9. The van der Waals surface area contributed by atoms with Crippen molar-refractivity contribution in [3.05, 3.63) is 5.69 Å².